The lowest BCUT2D eigenvalue weighted by Crippen LogP contribution is -2.10. The van der Waals surface area contributed by atoms with E-state index in [2.05, 4.69) is 25.4 Å². The summed E-state index contributed by atoms with van der Waals surface area (Å²) in [6.07, 6.45) is 4.30. The minimum absolute atomic E-state index is 0.594. The first-order valence-corrected chi connectivity index (χ1v) is 6.34. The van der Waals surface area contributed by atoms with E-state index in [1.54, 1.807) is 18.5 Å². The molecule has 18 heavy (non-hydrogen) atoms. The molecule has 0 aliphatic rings. The first-order chi connectivity index (χ1) is 8.71. The van der Waals surface area contributed by atoms with Crippen molar-refractivity contribution in [2.45, 2.75) is 30.5 Å². The van der Waals surface area contributed by atoms with E-state index in [0.29, 0.717) is 11.0 Å². The molecule has 0 amide bonds. The zero-order chi connectivity index (χ0) is 13.0. The summed E-state index contributed by atoms with van der Waals surface area (Å²) in [7, 11) is 0. The lowest BCUT2D eigenvalue weighted by atomic mass is 10.4. The average Bonchev–Trinajstić information content (AvgIpc) is 2.41. The maximum atomic E-state index is 5.37. The molecule has 94 valence electrons. The highest BCUT2D eigenvalue weighted by Crippen LogP contribution is 2.24. The van der Waals surface area contributed by atoms with Gasteiger partial charge in [-0.15, -0.1) is 0 Å². The van der Waals surface area contributed by atoms with Crippen LogP contribution in [0.25, 0.3) is 0 Å². The van der Waals surface area contributed by atoms with Crippen molar-refractivity contribution in [1.29, 1.82) is 0 Å². The highest BCUT2D eigenvalue weighted by molar-refractivity contribution is 7.99. The second-order valence-corrected chi connectivity index (χ2v) is 4.64. The lowest BCUT2D eigenvalue weighted by Gasteiger charge is -2.05. The van der Waals surface area contributed by atoms with Crippen molar-refractivity contribution < 1.29 is 0 Å². The number of aromatic nitrogens is 4. The van der Waals surface area contributed by atoms with E-state index in [1.807, 2.05) is 13.8 Å². The highest BCUT2D eigenvalue weighted by Gasteiger charge is 2.06. The van der Waals surface area contributed by atoms with Crippen LogP contribution in [0.5, 0.6) is 0 Å². The number of hydrazine groups is 1. The first kappa shape index (κ1) is 12.7. The van der Waals surface area contributed by atoms with Crippen LogP contribution < -0.4 is 11.3 Å². The van der Waals surface area contributed by atoms with Crippen LogP contribution in [-0.4, -0.2) is 19.9 Å². The summed E-state index contributed by atoms with van der Waals surface area (Å²) in [6.45, 7) is 3.94. The molecule has 0 fully saturated rings. The Morgan fingerprint density at radius 3 is 2.61 bits per heavy atom. The summed E-state index contributed by atoms with van der Waals surface area (Å²) in [4.78, 5) is 17.1. The maximum absolute atomic E-state index is 5.37. The van der Waals surface area contributed by atoms with Crippen LogP contribution in [0.4, 0.5) is 5.82 Å². The zero-order valence-electron chi connectivity index (χ0n) is 10.2. The number of nitrogens with zero attached hydrogens (tertiary/aromatic N) is 4. The number of hydrogen-bond acceptors (Lipinski definition) is 7. The average molecular weight is 262 g/mol. The summed E-state index contributed by atoms with van der Waals surface area (Å²) >= 11 is 1.39. The predicted octanol–water partition coefficient (Wildman–Crippen LogP) is 1.57. The SMILES string of the molecule is CCc1nc(NN)cc(Sc2ncc(C)cn2)n1. The summed E-state index contributed by atoms with van der Waals surface area (Å²) in [6, 6.07) is 1.77. The Labute approximate surface area is 109 Å². The minimum Gasteiger partial charge on any atom is -0.308 e. The second kappa shape index (κ2) is 5.74. The molecular weight excluding hydrogens is 248 g/mol. The van der Waals surface area contributed by atoms with Gasteiger partial charge in [-0.3, -0.25) is 0 Å². The molecule has 2 heterocycles. The molecule has 0 saturated heterocycles. The number of nitrogens with two attached hydrogens (primary N) is 1. The Hall–Kier alpha value is -1.73. The molecule has 0 unspecified atom stereocenters. The minimum atomic E-state index is 0.594. The molecule has 2 aromatic heterocycles. The fraction of sp³-hybridized carbons (Fsp3) is 0.273. The van der Waals surface area contributed by atoms with E-state index in [9.17, 15) is 0 Å². The molecule has 0 saturated carbocycles. The molecule has 0 radical (unpaired) electrons. The van der Waals surface area contributed by atoms with Gasteiger partial charge in [-0.1, -0.05) is 6.92 Å². The largest absolute Gasteiger partial charge is 0.308 e. The monoisotopic (exact) mass is 262 g/mol. The number of nitrogens with one attached hydrogen (secondary N) is 1. The predicted molar refractivity (Wildman–Crippen MR) is 70.1 cm³/mol. The van der Waals surface area contributed by atoms with Gasteiger partial charge in [0.1, 0.15) is 16.7 Å². The third kappa shape index (κ3) is 3.14. The molecule has 0 aliphatic heterocycles. The van der Waals surface area contributed by atoms with Crippen molar-refractivity contribution in [2.24, 2.45) is 5.84 Å². The van der Waals surface area contributed by atoms with E-state index in [0.717, 1.165) is 22.8 Å². The molecule has 6 nitrogen and oxygen atoms in total. The highest BCUT2D eigenvalue weighted by atomic mass is 32.2. The molecule has 0 spiro atoms. The second-order valence-electron chi connectivity index (χ2n) is 3.65. The molecule has 7 heteroatoms. The Morgan fingerprint density at radius 1 is 1.28 bits per heavy atom. The molecule has 0 aliphatic carbocycles. The number of anilines is 1. The van der Waals surface area contributed by atoms with Gasteiger partial charge >= 0.3 is 0 Å². The van der Waals surface area contributed by atoms with Crippen molar-refractivity contribution in [3.8, 4) is 0 Å². The van der Waals surface area contributed by atoms with Crippen LogP contribution >= 0.6 is 11.8 Å². The van der Waals surface area contributed by atoms with Gasteiger partial charge in [0.05, 0.1) is 0 Å². The third-order valence-electron chi connectivity index (χ3n) is 2.17. The van der Waals surface area contributed by atoms with E-state index in [4.69, 9.17) is 5.84 Å². The summed E-state index contributed by atoms with van der Waals surface area (Å²) < 4.78 is 0. The van der Waals surface area contributed by atoms with E-state index >= 15 is 0 Å². The van der Waals surface area contributed by atoms with E-state index in [-0.39, 0.29) is 0 Å². The smallest absolute Gasteiger partial charge is 0.193 e. The van der Waals surface area contributed by atoms with Crippen LogP contribution in [0, 0.1) is 6.92 Å². The molecule has 0 bridgehead atoms. The van der Waals surface area contributed by atoms with Gasteiger partial charge in [0.15, 0.2) is 5.16 Å². The van der Waals surface area contributed by atoms with E-state index in [1.165, 1.54) is 11.8 Å². The third-order valence-corrected chi connectivity index (χ3v) is 2.98. The Morgan fingerprint density at radius 2 is 2.00 bits per heavy atom. The van der Waals surface area contributed by atoms with Crippen LogP contribution in [-0.2, 0) is 6.42 Å². The molecular formula is C11H14N6S. The summed E-state index contributed by atoms with van der Waals surface area (Å²) in [5.74, 6) is 6.70. The zero-order valence-corrected chi connectivity index (χ0v) is 11.0. The molecule has 0 atom stereocenters. The van der Waals surface area contributed by atoms with Gasteiger partial charge in [0, 0.05) is 24.9 Å². The number of rotatable bonds is 4. The standard InChI is InChI=1S/C11H14N6S/c1-3-8-15-9(17-12)4-10(16-8)18-11-13-5-7(2)6-14-11/h4-6H,3,12H2,1-2H3,(H,15,16,17). The normalized spacial score (nSPS) is 10.4. The van der Waals surface area contributed by atoms with Crippen molar-refractivity contribution >= 4 is 17.6 Å². The van der Waals surface area contributed by atoms with Crippen LogP contribution in [0.1, 0.15) is 18.3 Å². The number of hydrogen-bond donors (Lipinski definition) is 2. The van der Waals surface area contributed by atoms with Gasteiger partial charge in [-0.05, 0) is 24.2 Å². The first-order valence-electron chi connectivity index (χ1n) is 5.52. The van der Waals surface area contributed by atoms with Gasteiger partial charge in [-0.25, -0.2) is 25.8 Å². The van der Waals surface area contributed by atoms with Crippen molar-refractivity contribution in [2.75, 3.05) is 5.43 Å². The quantitative estimate of drug-likeness (QED) is 0.374. The molecule has 2 rings (SSSR count). The van der Waals surface area contributed by atoms with Crippen LogP contribution in [0.2, 0.25) is 0 Å². The van der Waals surface area contributed by atoms with Crippen LogP contribution in [0.3, 0.4) is 0 Å². The lowest BCUT2D eigenvalue weighted by molar-refractivity contribution is 0.881. The molecule has 3 N–H and O–H groups in total. The van der Waals surface area contributed by atoms with Gasteiger partial charge < -0.3 is 5.43 Å². The van der Waals surface area contributed by atoms with Crippen molar-refractivity contribution in [1.82, 2.24) is 19.9 Å². The Bertz CT molecular complexity index is 505. The van der Waals surface area contributed by atoms with E-state index < -0.39 is 0 Å². The fourth-order valence-electron chi connectivity index (χ4n) is 1.28. The summed E-state index contributed by atoms with van der Waals surface area (Å²) in [5, 5.41) is 1.43. The Kier molecular flexibility index (Phi) is 4.06. The van der Waals surface area contributed by atoms with Gasteiger partial charge in [0.25, 0.3) is 0 Å². The topological polar surface area (TPSA) is 89.6 Å². The molecule has 0 aromatic carbocycles. The fourth-order valence-corrected chi connectivity index (χ4v) is 2.00. The van der Waals surface area contributed by atoms with Gasteiger partial charge in [0.2, 0.25) is 0 Å². The number of aryl methyl sites for hydroxylation is 2. The maximum Gasteiger partial charge on any atom is 0.193 e. The van der Waals surface area contributed by atoms with Crippen molar-refractivity contribution in [3.05, 3.63) is 29.8 Å². The Balaban J connectivity index is 2.25. The van der Waals surface area contributed by atoms with Gasteiger partial charge in [-0.2, -0.15) is 0 Å². The summed E-state index contributed by atoms with van der Waals surface area (Å²) in [5.41, 5.74) is 3.56. The van der Waals surface area contributed by atoms with Crippen LogP contribution in [0.15, 0.2) is 28.6 Å². The number of nitrogen functional groups attached to an aromatic ring is 1. The molecule has 2 aromatic rings. The van der Waals surface area contributed by atoms with Crippen molar-refractivity contribution in [3.63, 3.8) is 0 Å².